The molecule has 1 unspecified atom stereocenters. The van der Waals surface area contributed by atoms with Gasteiger partial charge in [-0.2, -0.15) is 11.8 Å². The number of nitrogens with zero attached hydrogens (tertiary/aromatic N) is 3. The molecule has 0 bridgehead atoms. The molecule has 0 aromatic carbocycles. The first-order valence-electron chi connectivity index (χ1n) is 6.81. The molecule has 8 heteroatoms. The van der Waals surface area contributed by atoms with Crippen molar-refractivity contribution >= 4 is 29.1 Å². The van der Waals surface area contributed by atoms with Gasteiger partial charge in [0.05, 0.1) is 4.92 Å². The monoisotopic (exact) mass is 297 g/mol. The average molecular weight is 297 g/mol. The van der Waals surface area contributed by atoms with Crippen molar-refractivity contribution in [1.82, 2.24) is 9.97 Å². The van der Waals surface area contributed by atoms with Gasteiger partial charge in [-0.05, 0) is 25.0 Å². The summed E-state index contributed by atoms with van der Waals surface area (Å²) in [5, 5.41) is 17.8. The van der Waals surface area contributed by atoms with Crippen LogP contribution in [0.5, 0.6) is 0 Å². The fraction of sp³-hybridized carbons (Fsp3) is 0.667. The summed E-state index contributed by atoms with van der Waals surface area (Å²) < 4.78 is 0. The van der Waals surface area contributed by atoms with E-state index in [9.17, 15) is 10.1 Å². The lowest BCUT2D eigenvalue weighted by Gasteiger charge is -2.12. The lowest BCUT2D eigenvalue weighted by atomic mass is 10.2. The maximum absolute atomic E-state index is 11.2. The third-order valence-corrected chi connectivity index (χ3v) is 4.47. The highest BCUT2D eigenvalue weighted by Crippen LogP contribution is 2.31. The Morgan fingerprint density at radius 1 is 1.45 bits per heavy atom. The summed E-state index contributed by atoms with van der Waals surface area (Å²) in [6.45, 7) is 3.35. The van der Waals surface area contributed by atoms with Gasteiger partial charge in [0.15, 0.2) is 0 Å². The van der Waals surface area contributed by atoms with Gasteiger partial charge in [-0.1, -0.05) is 6.92 Å². The van der Waals surface area contributed by atoms with Gasteiger partial charge in [-0.3, -0.25) is 10.1 Å². The van der Waals surface area contributed by atoms with Crippen molar-refractivity contribution in [3.63, 3.8) is 0 Å². The summed E-state index contributed by atoms with van der Waals surface area (Å²) in [4.78, 5) is 18.8. The maximum atomic E-state index is 11.2. The van der Waals surface area contributed by atoms with Crippen LogP contribution in [0.25, 0.3) is 0 Å². The molecule has 2 N–H and O–H groups in total. The summed E-state index contributed by atoms with van der Waals surface area (Å²) in [6.07, 6.45) is 4.60. The largest absolute Gasteiger partial charge is 0.364 e. The first-order chi connectivity index (χ1) is 9.72. The molecule has 1 aromatic heterocycles. The van der Waals surface area contributed by atoms with Crippen LogP contribution in [0.3, 0.4) is 0 Å². The molecule has 0 radical (unpaired) electrons. The van der Waals surface area contributed by atoms with Crippen LogP contribution >= 0.6 is 11.8 Å². The standard InChI is InChI=1S/C12H19N5O2S/c1-2-5-13-11-10(17(18)19)12(16-8-15-11)14-7-9-4-3-6-20-9/h8-9H,2-7H2,1H3,(H2,13,14,15,16). The minimum atomic E-state index is -0.428. The van der Waals surface area contributed by atoms with E-state index in [4.69, 9.17) is 0 Å². The molecule has 1 aromatic rings. The number of rotatable bonds is 7. The van der Waals surface area contributed by atoms with Gasteiger partial charge >= 0.3 is 5.69 Å². The van der Waals surface area contributed by atoms with Crippen LogP contribution in [0.1, 0.15) is 26.2 Å². The second kappa shape index (κ2) is 7.28. The summed E-state index contributed by atoms with van der Waals surface area (Å²) >= 11 is 1.90. The number of thioether (sulfide) groups is 1. The van der Waals surface area contributed by atoms with Crippen molar-refractivity contribution in [1.29, 1.82) is 0 Å². The van der Waals surface area contributed by atoms with Crippen LogP contribution in [0, 0.1) is 10.1 Å². The van der Waals surface area contributed by atoms with Crippen molar-refractivity contribution in [2.24, 2.45) is 0 Å². The molecule has 0 spiro atoms. The number of nitro groups is 1. The zero-order valence-corrected chi connectivity index (χ0v) is 12.3. The second-order valence-electron chi connectivity index (χ2n) is 4.62. The molecule has 1 aliphatic heterocycles. The molecule has 1 saturated heterocycles. The number of nitrogens with one attached hydrogen (secondary N) is 2. The van der Waals surface area contributed by atoms with Gasteiger partial charge in [0.25, 0.3) is 0 Å². The fourth-order valence-electron chi connectivity index (χ4n) is 2.07. The first kappa shape index (κ1) is 14.8. The Morgan fingerprint density at radius 2 is 2.20 bits per heavy atom. The van der Waals surface area contributed by atoms with Gasteiger partial charge in [0, 0.05) is 18.3 Å². The lowest BCUT2D eigenvalue weighted by molar-refractivity contribution is -0.383. The molecule has 0 amide bonds. The van der Waals surface area contributed by atoms with Crippen molar-refractivity contribution in [2.75, 3.05) is 29.5 Å². The molecule has 2 heterocycles. The van der Waals surface area contributed by atoms with Gasteiger partial charge in [-0.25, -0.2) is 9.97 Å². The van der Waals surface area contributed by atoms with Crippen LogP contribution in [-0.2, 0) is 0 Å². The van der Waals surface area contributed by atoms with Crippen molar-refractivity contribution < 1.29 is 4.92 Å². The van der Waals surface area contributed by atoms with Crippen LogP contribution in [-0.4, -0.2) is 39.0 Å². The van der Waals surface area contributed by atoms with E-state index in [2.05, 4.69) is 20.6 Å². The maximum Gasteiger partial charge on any atom is 0.353 e. The molecule has 1 atom stereocenters. The summed E-state index contributed by atoms with van der Waals surface area (Å²) in [7, 11) is 0. The van der Waals surface area contributed by atoms with Crippen molar-refractivity contribution in [2.45, 2.75) is 31.4 Å². The van der Waals surface area contributed by atoms with Crippen LogP contribution in [0.4, 0.5) is 17.3 Å². The Bertz CT molecular complexity index is 465. The van der Waals surface area contributed by atoms with E-state index in [0.29, 0.717) is 24.2 Å². The molecule has 1 aliphatic rings. The Labute approximate surface area is 122 Å². The van der Waals surface area contributed by atoms with Gasteiger partial charge in [0.1, 0.15) is 6.33 Å². The Morgan fingerprint density at radius 3 is 2.80 bits per heavy atom. The van der Waals surface area contributed by atoms with E-state index in [1.54, 1.807) is 0 Å². The second-order valence-corrected chi connectivity index (χ2v) is 6.03. The molecule has 110 valence electrons. The molecule has 2 rings (SSSR count). The highest BCUT2D eigenvalue weighted by molar-refractivity contribution is 8.00. The van der Waals surface area contributed by atoms with Gasteiger partial charge in [0.2, 0.25) is 11.6 Å². The molecular weight excluding hydrogens is 278 g/mol. The molecule has 20 heavy (non-hydrogen) atoms. The number of aromatic nitrogens is 2. The number of hydrogen-bond acceptors (Lipinski definition) is 7. The van der Waals surface area contributed by atoms with Gasteiger partial charge < -0.3 is 10.6 Å². The van der Waals surface area contributed by atoms with E-state index in [-0.39, 0.29) is 11.5 Å². The van der Waals surface area contributed by atoms with E-state index in [1.165, 1.54) is 18.5 Å². The predicted molar refractivity (Wildman–Crippen MR) is 81.4 cm³/mol. The van der Waals surface area contributed by atoms with Crippen molar-refractivity contribution in [3.8, 4) is 0 Å². The average Bonchev–Trinajstić information content (AvgIpc) is 2.95. The zero-order valence-electron chi connectivity index (χ0n) is 11.5. The predicted octanol–water partition coefficient (Wildman–Crippen LogP) is 2.51. The minimum Gasteiger partial charge on any atom is -0.364 e. The van der Waals surface area contributed by atoms with Gasteiger partial charge in [-0.15, -0.1) is 0 Å². The smallest absolute Gasteiger partial charge is 0.353 e. The van der Waals surface area contributed by atoms with E-state index < -0.39 is 4.92 Å². The number of hydrogen-bond donors (Lipinski definition) is 2. The Balaban J connectivity index is 2.11. The molecular formula is C12H19N5O2S. The topological polar surface area (TPSA) is 93.0 Å². The molecule has 1 fully saturated rings. The molecule has 0 aliphatic carbocycles. The highest BCUT2D eigenvalue weighted by Gasteiger charge is 2.24. The molecule has 0 saturated carbocycles. The Kier molecular flexibility index (Phi) is 5.40. The quantitative estimate of drug-likeness (QED) is 0.590. The fourth-order valence-corrected chi connectivity index (χ4v) is 3.27. The number of anilines is 2. The summed E-state index contributed by atoms with van der Waals surface area (Å²) in [6, 6.07) is 0. The minimum absolute atomic E-state index is 0.0658. The third-order valence-electron chi connectivity index (χ3n) is 3.07. The van der Waals surface area contributed by atoms with Crippen molar-refractivity contribution in [3.05, 3.63) is 16.4 Å². The first-order valence-corrected chi connectivity index (χ1v) is 7.86. The van der Waals surface area contributed by atoms with E-state index in [0.717, 1.165) is 12.8 Å². The highest BCUT2D eigenvalue weighted by atomic mass is 32.2. The van der Waals surface area contributed by atoms with E-state index in [1.807, 2.05) is 18.7 Å². The summed E-state index contributed by atoms with van der Waals surface area (Å²) in [5.74, 6) is 1.76. The van der Waals surface area contributed by atoms with E-state index >= 15 is 0 Å². The zero-order chi connectivity index (χ0) is 14.4. The molecule has 7 nitrogen and oxygen atoms in total. The third kappa shape index (κ3) is 3.72. The van der Waals surface area contributed by atoms with Crippen LogP contribution in [0.15, 0.2) is 6.33 Å². The Hall–Kier alpha value is -1.57. The SMILES string of the molecule is CCCNc1ncnc(NCC2CCCS2)c1[N+](=O)[O-]. The van der Waals surface area contributed by atoms with Crippen LogP contribution in [0.2, 0.25) is 0 Å². The van der Waals surface area contributed by atoms with Crippen LogP contribution < -0.4 is 10.6 Å². The lowest BCUT2D eigenvalue weighted by Crippen LogP contribution is -2.16. The normalized spacial score (nSPS) is 17.9. The summed E-state index contributed by atoms with van der Waals surface area (Å²) in [5.41, 5.74) is -0.0658.